The first-order chi connectivity index (χ1) is 12.3. The van der Waals surface area contributed by atoms with Gasteiger partial charge in [-0.1, -0.05) is 54.1 Å². The standard InChI is InChI=1S/C16H12Cl2N2O3S3/c1-2-26-16(25)19(11-4-6-12(7-5-11)20(21)22)15(24)23-14-8-3-10(17)9-13(14)18/h3-9H,2H2,1H3. The van der Waals surface area contributed by atoms with Crippen molar-refractivity contribution in [2.24, 2.45) is 0 Å². The van der Waals surface area contributed by atoms with Gasteiger partial charge in [-0.3, -0.25) is 15.0 Å². The zero-order valence-electron chi connectivity index (χ0n) is 13.3. The van der Waals surface area contributed by atoms with Crippen LogP contribution in [-0.4, -0.2) is 20.2 Å². The van der Waals surface area contributed by atoms with Gasteiger partial charge in [-0.15, -0.1) is 0 Å². The van der Waals surface area contributed by atoms with Crippen molar-refractivity contribution in [1.29, 1.82) is 0 Å². The normalized spacial score (nSPS) is 10.3. The SMILES string of the molecule is CCSC(=S)N(C(=S)Oc1ccc(Cl)cc1Cl)c1ccc([N+](=O)[O-])cc1. The lowest BCUT2D eigenvalue weighted by atomic mass is 10.3. The van der Waals surface area contributed by atoms with Crippen molar-refractivity contribution in [1.82, 2.24) is 0 Å². The topological polar surface area (TPSA) is 55.6 Å². The number of rotatable bonds is 4. The van der Waals surface area contributed by atoms with Crippen LogP contribution in [0.1, 0.15) is 6.92 Å². The van der Waals surface area contributed by atoms with E-state index in [1.54, 1.807) is 24.3 Å². The third kappa shape index (κ3) is 5.28. The summed E-state index contributed by atoms with van der Waals surface area (Å²) in [6.45, 7) is 1.95. The number of nitro benzene ring substituents is 1. The summed E-state index contributed by atoms with van der Waals surface area (Å²) in [7, 11) is 0. The number of halogens is 2. The first kappa shape index (κ1) is 20.9. The summed E-state index contributed by atoms with van der Waals surface area (Å²) in [6.07, 6.45) is 0. The summed E-state index contributed by atoms with van der Waals surface area (Å²) >= 11 is 24.2. The molecule has 0 heterocycles. The van der Waals surface area contributed by atoms with E-state index >= 15 is 0 Å². The predicted molar refractivity (Wildman–Crippen MR) is 116 cm³/mol. The minimum absolute atomic E-state index is 0.0321. The minimum atomic E-state index is -0.477. The third-order valence-electron chi connectivity index (χ3n) is 3.04. The van der Waals surface area contributed by atoms with Crippen molar-refractivity contribution in [3.63, 3.8) is 0 Å². The number of thiocarbonyl (C=S) groups is 2. The number of hydrogen-bond acceptors (Lipinski definition) is 6. The Morgan fingerprint density at radius 2 is 1.88 bits per heavy atom. The van der Waals surface area contributed by atoms with Crippen LogP contribution in [0.5, 0.6) is 5.75 Å². The van der Waals surface area contributed by atoms with Crippen LogP contribution in [-0.2, 0) is 0 Å². The fraction of sp³-hybridized carbons (Fsp3) is 0.125. The lowest BCUT2D eigenvalue weighted by molar-refractivity contribution is -0.384. The Bertz CT molecular complexity index is 847. The number of benzene rings is 2. The second-order valence-electron chi connectivity index (χ2n) is 4.75. The first-order valence-corrected chi connectivity index (χ1v) is 9.77. The summed E-state index contributed by atoms with van der Waals surface area (Å²) in [5.74, 6) is 1.06. The molecule has 10 heteroatoms. The number of thioether (sulfide) groups is 1. The van der Waals surface area contributed by atoms with Crippen LogP contribution in [0.25, 0.3) is 0 Å². The average molecular weight is 447 g/mol. The van der Waals surface area contributed by atoms with Gasteiger partial charge in [-0.05, 0) is 48.3 Å². The van der Waals surface area contributed by atoms with Gasteiger partial charge < -0.3 is 4.74 Å². The third-order valence-corrected chi connectivity index (χ3v) is 5.09. The second-order valence-corrected chi connectivity index (χ2v) is 7.84. The molecule has 0 fully saturated rings. The van der Waals surface area contributed by atoms with Crippen molar-refractivity contribution < 1.29 is 9.66 Å². The number of anilines is 1. The van der Waals surface area contributed by atoms with Gasteiger partial charge in [-0.25, -0.2) is 0 Å². The van der Waals surface area contributed by atoms with Crippen LogP contribution < -0.4 is 9.64 Å². The molecule has 0 aromatic heterocycles. The smallest absolute Gasteiger partial charge is 0.275 e. The highest BCUT2D eigenvalue weighted by Gasteiger charge is 2.21. The largest absolute Gasteiger partial charge is 0.430 e. The van der Waals surface area contributed by atoms with Crippen LogP contribution in [0.15, 0.2) is 42.5 Å². The van der Waals surface area contributed by atoms with Gasteiger partial charge in [0.05, 0.1) is 15.6 Å². The molecule has 0 aliphatic carbocycles. The zero-order valence-corrected chi connectivity index (χ0v) is 17.3. The van der Waals surface area contributed by atoms with Gasteiger partial charge in [0.1, 0.15) is 10.1 Å². The number of ether oxygens (including phenoxy) is 1. The van der Waals surface area contributed by atoms with Crippen molar-refractivity contribution in [3.8, 4) is 5.75 Å². The molecule has 0 saturated carbocycles. The van der Waals surface area contributed by atoms with Crippen LogP contribution >= 0.6 is 59.4 Å². The molecular formula is C16H12Cl2N2O3S3. The summed E-state index contributed by atoms with van der Waals surface area (Å²) in [6, 6.07) is 10.6. The van der Waals surface area contributed by atoms with E-state index in [1.807, 2.05) is 6.92 Å². The minimum Gasteiger partial charge on any atom is -0.430 e. The lowest BCUT2D eigenvalue weighted by Crippen LogP contribution is -2.36. The molecule has 2 rings (SSSR count). The Morgan fingerprint density at radius 3 is 2.42 bits per heavy atom. The monoisotopic (exact) mass is 446 g/mol. The average Bonchev–Trinajstić information content (AvgIpc) is 2.58. The van der Waals surface area contributed by atoms with E-state index in [0.717, 1.165) is 5.75 Å². The molecule has 0 spiro atoms. The molecule has 2 aromatic rings. The Kier molecular flexibility index (Phi) is 7.60. The van der Waals surface area contributed by atoms with E-state index in [4.69, 9.17) is 52.4 Å². The van der Waals surface area contributed by atoms with Crippen molar-refractivity contribution in [2.45, 2.75) is 6.92 Å². The molecule has 5 nitrogen and oxygen atoms in total. The van der Waals surface area contributed by atoms with Gasteiger partial charge in [0.15, 0.2) is 0 Å². The first-order valence-electron chi connectivity index (χ1n) is 7.21. The molecule has 0 N–H and O–H groups in total. The molecule has 26 heavy (non-hydrogen) atoms. The Balaban J connectivity index is 2.32. The number of hydrogen-bond donors (Lipinski definition) is 0. The predicted octanol–water partition coefficient (Wildman–Crippen LogP) is 6.11. The van der Waals surface area contributed by atoms with E-state index in [0.29, 0.717) is 25.8 Å². The highest BCUT2D eigenvalue weighted by molar-refractivity contribution is 8.23. The summed E-state index contributed by atoms with van der Waals surface area (Å²) < 4.78 is 6.15. The molecule has 2 aromatic carbocycles. The summed E-state index contributed by atoms with van der Waals surface area (Å²) in [5, 5.41) is 11.7. The van der Waals surface area contributed by atoms with Crippen molar-refractivity contribution in [2.75, 3.05) is 10.7 Å². The molecule has 136 valence electrons. The highest BCUT2D eigenvalue weighted by atomic mass is 35.5. The highest BCUT2D eigenvalue weighted by Crippen LogP contribution is 2.30. The van der Waals surface area contributed by atoms with Gasteiger partial charge >= 0.3 is 0 Å². The summed E-state index contributed by atoms with van der Waals surface area (Å²) in [4.78, 5) is 11.9. The van der Waals surface area contributed by atoms with Gasteiger partial charge in [0, 0.05) is 17.2 Å². The fourth-order valence-electron chi connectivity index (χ4n) is 1.89. The molecule has 0 unspecified atom stereocenters. The summed E-state index contributed by atoms with van der Waals surface area (Å²) in [5.41, 5.74) is 0.520. The molecule has 0 aliphatic heterocycles. The van der Waals surface area contributed by atoms with Crippen LogP contribution in [0.4, 0.5) is 11.4 Å². The maximum Gasteiger partial charge on any atom is 0.275 e. The number of non-ortho nitro benzene ring substituents is 1. The maximum absolute atomic E-state index is 10.8. The van der Waals surface area contributed by atoms with E-state index in [9.17, 15) is 10.1 Å². The van der Waals surface area contributed by atoms with E-state index < -0.39 is 4.92 Å². The van der Waals surface area contributed by atoms with Crippen molar-refractivity contribution >= 4 is 80.3 Å². The van der Waals surface area contributed by atoms with Crippen LogP contribution in [0, 0.1) is 10.1 Å². The Labute approximate surface area is 175 Å². The van der Waals surface area contributed by atoms with Crippen molar-refractivity contribution in [3.05, 3.63) is 62.6 Å². The van der Waals surface area contributed by atoms with E-state index in [2.05, 4.69) is 0 Å². The number of nitrogens with zero attached hydrogens (tertiary/aromatic N) is 2. The van der Waals surface area contributed by atoms with Crippen LogP contribution in [0.3, 0.4) is 0 Å². The van der Waals surface area contributed by atoms with E-state index in [1.165, 1.54) is 34.9 Å². The van der Waals surface area contributed by atoms with Gasteiger partial charge in [0.2, 0.25) is 0 Å². The molecule has 0 saturated heterocycles. The molecule has 0 radical (unpaired) electrons. The zero-order chi connectivity index (χ0) is 19.3. The maximum atomic E-state index is 10.8. The molecule has 0 bridgehead atoms. The lowest BCUT2D eigenvalue weighted by Gasteiger charge is -2.24. The second kappa shape index (κ2) is 9.48. The van der Waals surface area contributed by atoms with E-state index in [-0.39, 0.29) is 10.9 Å². The molecular weight excluding hydrogens is 435 g/mol. The van der Waals surface area contributed by atoms with Crippen LogP contribution in [0.2, 0.25) is 10.0 Å². The quantitative estimate of drug-likeness (QED) is 0.318. The Hall–Kier alpha value is -1.45. The van der Waals surface area contributed by atoms with Gasteiger partial charge in [-0.2, -0.15) is 0 Å². The number of nitro groups is 1. The molecule has 0 amide bonds. The molecule has 0 atom stereocenters. The van der Waals surface area contributed by atoms with Gasteiger partial charge in [0.25, 0.3) is 10.9 Å². The molecule has 0 aliphatic rings. The Morgan fingerprint density at radius 1 is 1.23 bits per heavy atom. The fourth-order valence-corrected chi connectivity index (χ4v) is 3.85.